The smallest absolute Gasteiger partial charge is 0.0834 e. The Hall–Kier alpha value is 0.1000. The molecular weight excluding hydrogens is 270 g/mol. The molecular formula is C12H20BrNO2. The standard InChI is InChI=1S/C12H20BrNO2/c1-10(13)8-14-5-2-11(3-6-14)16-12-4-7-15-9-12/h11-12H,1-9H2. The van der Waals surface area contributed by atoms with E-state index in [1.54, 1.807) is 0 Å². The molecule has 4 heteroatoms. The first-order valence-electron chi connectivity index (χ1n) is 6.03. The molecule has 0 N–H and O–H groups in total. The maximum atomic E-state index is 6.02. The van der Waals surface area contributed by atoms with Crippen LogP contribution in [0.3, 0.4) is 0 Å². The molecule has 2 saturated heterocycles. The predicted octanol–water partition coefficient (Wildman–Crippen LogP) is 2.16. The van der Waals surface area contributed by atoms with E-state index in [-0.39, 0.29) is 0 Å². The molecule has 0 aromatic carbocycles. The van der Waals surface area contributed by atoms with Gasteiger partial charge in [-0.2, -0.15) is 0 Å². The lowest BCUT2D eigenvalue weighted by Crippen LogP contribution is -2.39. The van der Waals surface area contributed by atoms with E-state index in [1.807, 2.05) is 0 Å². The van der Waals surface area contributed by atoms with Crippen LogP contribution in [0.2, 0.25) is 0 Å². The summed E-state index contributed by atoms with van der Waals surface area (Å²) in [6, 6.07) is 0. The Bertz CT molecular complexity index is 233. The Morgan fingerprint density at radius 2 is 2.06 bits per heavy atom. The van der Waals surface area contributed by atoms with Crippen molar-refractivity contribution < 1.29 is 9.47 Å². The molecule has 0 amide bonds. The first kappa shape index (κ1) is 12.6. The van der Waals surface area contributed by atoms with E-state index in [4.69, 9.17) is 9.47 Å². The van der Waals surface area contributed by atoms with E-state index in [0.29, 0.717) is 12.2 Å². The second-order valence-electron chi connectivity index (χ2n) is 4.61. The third-order valence-corrected chi connectivity index (χ3v) is 3.45. The van der Waals surface area contributed by atoms with Crippen LogP contribution < -0.4 is 0 Å². The van der Waals surface area contributed by atoms with Gasteiger partial charge in [-0.15, -0.1) is 0 Å². The lowest BCUT2D eigenvalue weighted by atomic mass is 10.1. The van der Waals surface area contributed by atoms with Gasteiger partial charge >= 0.3 is 0 Å². The molecule has 0 aromatic heterocycles. The van der Waals surface area contributed by atoms with Gasteiger partial charge in [-0.3, -0.25) is 4.90 Å². The molecule has 2 fully saturated rings. The maximum absolute atomic E-state index is 6.02. The summed E-state index contributed by atoms with van der Waals surface area (Å²) in [4.78, 5) is 2.42. The summed E-state index contributed by atoms with van der Waals surface area (Å²) in [7, 11) is 0. The van der Waals surface area contributed by atoms with E-state index in [9.17, 15) is 0 Å². The van der Waals surface area contributed by atoms with Gasteiger partial charge in [0.2, 0.25) is 0 Å². The number of likely N-dealkylation sites (tertiary alicyclic amines) is 1. The highest BCUT2D eigenvalue weighted by molar-refractivity contribution is 9.11. The number of nitrogens with zero attached hydrogens (tertiary/aromatic N) is 1. The van der Waals surface area contributed by atoms with Gasteiger partial charge in [0.05, 0.1) is 18.8 Å². The second kappa shape index (κ2) is 6.15. The maximum Gasteiger partial charge on any atom is 0.0834 e. The normalized spacial score (nSPS) is 28.4. The number of hydrogen-bond acceptors (Lipinski definition) is 3. The quantitative estimate of drug-likeness (QED) is 0.792. The summed E-state index contributed by atoms with van der Waals surface area (Å²) >= 11 is 3.41. The third kappa shape index (κ3) is 3.84. The van der Waals surface area contributed by atoms with E-state index >= 15 is 0 Å². The van der Waals surface area contributed by atoms with Crippen LogP contribution in [0.25, 0.3) is 0 Å². The molecule has 2 rings (SSSR count). The number of ether oxygens (including phenoxy) is 2. The molecule has 1 atom stereocenters. The first-order valence-corrected chi connectivity index (χ1v) is 6.82. The van der Waals surface area contributed by atoms with Crippen LogP contribution in [0.1, 0.15) is 19.3 Å². The summed E-state index contributed by atoms with van der Waals surface area (Å²) in [6.07, 6.45) is 4.13. The number of hydrogen-bond donors (Lipinski definition) is 0. The van der Waals surface area contributed by atoms with Crippen molar-refractivity contribution in [2.75, 3.05) is 32.8 Å². The topological polar surface area (TPSA) is 21.7 Å². The van der Waals surface area contributed by atoms with E-state index < -0.39 is 0 Å². The number of piperidine rings is 1. The molecule has 2 aliphatic rings. The van der Waals surface area contributed by atoms with Crippen LogP contribution in [0.15, 0.2) is 11.1 Å². The van der Waals surface area contributed by atoms with Crippen molar-refractivity contribution in [1.82, 2.24) is 4.90 Å². The van der Waals surface area contributed by atoms with Gasteiger partial charge in [-0.1, -0.05) is 22.5 Å². The van der Waals surface area contributed by atoms with Crippen LogP contribution in [-0.4, -0.2) is 50.0 Å². The molecule has 92 valence electrons. The van der Waals surface area contributed by atoms with Crippen LogP contribution in [0, 0.1) is 0 Å². The monoisotopic (exact) mass is 289 g/mol. The Morgan fingerprint density at radius 1 is 1.31 bits per heavy atom. The van der Waals surface area contributed by atoms with Gasteiger partial charge in [-0.25, -0.2) is 0 Å². The van der Waals surface area contributed by atoms with Crippen molar-refractivity contribution >= 4 is 15.9 Å². The SMILES string of the molecule is C=C(Br)CN1CCC(OC2CCOC2)CC1. The largest absolute Gasteiger partial charge is 0.379 e. The van der Waals surface area contributed by atoms with Gasteiger partial charge in [0.1, 0.15) is 0 Å². The summed E-state index contributed by atoms with van der Waals surface area (Å²) < 4.78 is 12.4. The average Bonchev–Trinajstić information content (AvgIpc) is 2.73. The highest BCUT2D eigenvalue weighted by atomic mass is 79.9. The molecule has 0 aliphatic carbocycles. The van der Waals surface area contributed by atoms with Crippen molar-refractivity contribution in [2.45, 2.75) is 31.5 Å². The molecule has 1 unspecified atom stereocenters. The fourth-order valence-electron chi connectivity index (χ4n) is 2.34. The lowest BCUT2D eigenvalue weighted by Gasteiger charge is -2.32. The van der Waals surface area contributed by atoms with Crippen LogP contribution in [-0.2, 0) is 9.47 Å². The van der Waals surface area contributed by atoms with Crippen molar-refractivity contribution in [3.8, 4) is 0 Å². The summed E-state index contributed by atoms with van der Waals surface area (Å²) in [5.41, 5.74) is 0. The fourth-order valence-corrected chi connectivity index (χ4v) is 2.69. The summed E-state index contributed by atoms with van der Waals surface area (Å²) in [5.74, 6) is 0. The number of halogens is 1. The van der Waals surface area contributed by atoms with E-state index in [2.05, 4.69) is 27.4 Å². The average molecular weight is 290 g/mol. The Kier molecular flexibility index (Phi) is 4.82. The zero-order chi connectivity index (χ0) is 11.4. The Morgan fingerprint density at radius 3 is 2.62 bits per heavy atom. The van der Waals surface area contributed by atoms with Crippen LogP contribution in [0.4, 0.5) is 0 Å². The molecule has 2 heterocycles. The van der Waals surface area contributed by atoms with Crippen LogP contribution in [0.5, 0.6) is 0 Å². The first-order chi connectivity index (χ1) is 7.74. The predicted molar refractivity (Wildman–Crippen MR) is 67.8 cm³/mol. The van der Waals surface area contributed by atoms with Crippen molar-refractivity contribution in [2.24, 2.45) is 0 Å². The lowest BCUT2D eigenvalue weighted by molar-refractivity contribution is -0.0426. The fraction of sp³-hybridized carbons (Fsp3) is 0.833. The minimum absolute atomic E-state index is 0.350. The molecule has 0 saturated carbocycles. The van der Waals surface area contributed by atoms with Crippen LogP contribution >= 0.6 is 15.9 Å². The zero-order valence-corrected chi connectivity index (χ0v) is 11.2. The molecule has 0 spiro atoms. The van der Waals surface area contributed by atoms with Gasteiger partial charge in [0.15, 0.2) is 0 Å². The highest BCUT2D eigenvalue weighted by Crippen LogP contribution is 2.20. The molecule has 0 radical (unpaired) electrons. The molecule has 0 aromatic rings. The summed E-state index contributed by atoms with van der Waals surface area (Å²) in [6.45, 7) is 8.72. The molecule has 3 nitrogen and oxygen atoms in total. The van der Waals surface area contributed by atoms with Gasteiger partial charge in [0.25, 0.3) is 0 Å². The highest BCUT2D eigenvalue weighted by Gasteiger charge is 2.24. The van der Waals surface area contributed by atoms with Crippen molar-refractivity contribution in [3.05, 3.63) is 11.1 Å². The summed E-state index contributed by atoms with van der Waals surface area (Å²) in [5, 5.41) is 0. The van der Waals surface area contributed by atoms with Gasteiger partial charge in [0, 0.05) is 30.7 Å². The van der Waals surface area contributed by atoms with E-state index in [0.717, 1.165) is 56.6 Å². The van der Waals surface area contributed by atoms with Crippen molar-refractivity contribution in [3.63, 3.8) is 0 Å². The van der Waals surface area contributed by atoms with Crippen molar-refractivity contribution in [1.29, 1.82) is 0 Å². The van der Waals surface area contributed by atoms with Gasteiger partial charge in [-0.05, 0) is 19.3 Å². The van der Waals surface area contributed by atoms with E-state index in [1.165, 1.54) is 0 Å². The minimum atomic E-state index is 0.350. The zero-order valence-electron chi connectivity index (χ0n) is 9.66. The molecule has 16 heavy (non-hydrogen) atoms. The Labute approximate surface area is 106 Å². The number of rotatable bonds is 4. The molecule has 2 aliphatic heterocycles. The Balaban J connectivity index is 1.66. The van der Waals surface area contributed by atoms with Gasteiger partial charge < -0.3 is 9.47 Å². The second-order valence-corrected chi connectivity index (χ2v) is 5.74. The molecule has 0 bridgehead atoms. The minimum Gasteiger partial charge on any atom is -0.379 e. The third-order valence-electron chi connectivity index (χ3n) is 3.20.